The third-order valence-electron chi connectivity index (χ3n) is 2.62. The maximum Gasteiger partial charge on any atom is 0.305 e. The van der Waals surface area contributed by atoms with Crippen LogP contribution in [0.25, 0.3) is 0 Å². The van der Waals surface area contributed by atoms with Gasteiger partial charge in [-0.15, -0.1) is 0 Å². The maximum absolute atomic E-state index is 11.1. The quantitative estimate of drug-likeness (QED) is 0.669. The van der Waals surface area contributed by atoms with Gasteiger partial charge in [-0.05, 0) is 26.8 Å². The lowest BCUT2D eigenvalue weighted by Crippen LogP contribution is -2.32. The fourth-order valence-corrected chi connectivity index (χ4v) is 1.83. The van der Waals surface area contributed by atoms with Gasteiger partial charge >= 0.3 is 5.97 Å². The van der Waals surface area contributed by atoms with Gasteiger partial charge in [-0.25, -0.2) is 0 Å². The van der Waals surface area contributed by atoms with Gasteiger partial charge < -0.3 is 14.7 Å². The number of carbonyl (C=O) groups excluding carboxylic acids is 1. The van der Waals surface area contributed by atoms with Gasteiger partial charge in [0, 0.05) is 19.5 Å². The Kier molecular flexibility index (Phi) is 3.89. The molecule has 82 valence electrons. The summed E-state index contributed by atoms with van der Waals surface area (Å²) in [5.41, 5.74) is -0.679. The highest BCUT2D eigenvalue weighted by Crippen LogP contribution is 2.24. The molecule has 0 aromatic rings. The van der Waals surface area contributed by atoms with Crippen molar-refractivity contribution in [2.24, 2.45) is 0 Å². The minimum atomic E-state index is -0.679. The summed E-state index contributed by atoms with van der Waals surface area (Å²) in [6.07, 6.45) is 1.58. The van der Waals surface area contributed by atoms with Crippen molar-refractivity contribution in [3.8, 4) is 0 Å². The molecule has 14 heavy (non-hydrogen) atoms. The first-order valence-corrected chi connectivity index (χ1v) is 5.12. The van der Waals surface area contributed by atoms with Crippen molar-refractivity contribution in [3.63, 3.8) is 0 Å². The van der Waals surface area contributed by atoms with Crippen molar-refractivity contribution < 1.29 is 14.6 Å². The Labute approximate surface area is 84.8 Å². The zero-order valence-corrected chi connectivity index (χ0v) is 8.95. The monoisotopic (exact) mass is 201 g/mol. The summed E-state index contributed by atoms with van der Waals surface area (Å²) in [5.74, 6) is -0.213. The van der Waals surface area contributed by atoms with E-state index in [1.165, 1.54) is 0 Å². The van der Waals surface area contributed by atoms with Gasteiger partial charge in [0.1, 0.15) is 0 Å². The highest BCUT2D eigenvalue weighted by Gasteiger charge is 2.34. The van der Waals surface area contributed by atoms with Gasteiger partial charge in [-0.2, -0.15) is 0 Å². The lowest BCUT2D eigenvalue weighted by molar-refractivity contribution is -0.144. The number of carbonyl (C=O) groups is 1. The molecule has 1 N–H and O–H groups in total. The standard InChI is InChI=1S/C10H19NO3/c1-3-14-9(12)4-5-10(13)6-7-11(2)8-10/h13H,3-8H2,1-2H3. The van der Waals surface area contributed by atoms with Gasteiger partial charge in [-0.3, -0.25) is 4.79 Å². The molecule has 0 amide bonds. The molecule has 0 saturated carbocycles. The van der Waals surface area contributed by atoms with E-state index in [1.54, 1.807) is 6.92 Å². The average molecular weight is 201 g/mol. The van der Waals surface area contributed by atoms with E-state index in [2.05, 4.69) is 4.90 Å². The number of likely N-dealkylation sites (N-methyl/N-ethyl adjacent to an activating group) is 1. The van der Waals surface area contributed by atoms with Crippen LogP contribution < -0.4 is 0 Å². The van der Waals surface area contributed by atoms with Crippen LogP contribution in [0.1, 0.15) is 26.2 Å². The topological polar surface area (TPSA) is 49.8 Å². The highest BCUT2D eigenvalue weighted by molar-refractivity contribution is 5.69. The minimum absolute atomic E-state index is 0.213. The van der Waals surface area contributed by atoms with Gasteiger partial charge in [0.2, 0.25) is 0 Å². The second-order valence-electron chi connectivity index (χ2n) is 4.02. The molecule has 0 spiro atoms. The van der Waals surface area contributed by atoms with Crippen molar-refractivity contribution in [1.82, 2.24) is 4.90 Å². The summed E-state index contributed by atoms with van der Waals surface area (Å²) in [5, 5.41) is 10.0. The fourth-order valence-electron chi connectivity index (χ4n) is 1.83. The van der Waals surface area contributed by atoms with E-state index in [0.717, 1.165) is 13.0 Å². The Bertz CT molecular complexity index is 208. The number of β-amino-alcohol motifs (C(OH)–C–C–N with tert-alkyl or cyclic N) is 1. The lowest BCUT2D eigenvalue weighted by atomic mass is 9.97. The van der Waals surface area contributed by atoms with Crippen molar-refractivity contribution in [2.45, 2.75) is 31.8 Å². The van der Waals surface area contributed by atoms with Crippen LogP contribution in [0.5, 0.6) is 0 Å². The first-order valence-electron chi connectivity index (χ1n) is 5.12. The van der Waals surface area contributed by atoms with Gasteiger partial charge in [0.15, 0.2) is 0 Å². The second-order valence-corrected chi connectivity index (χ2v) is 4.02. The molecule has 1 fully saturated rings. The average Bonchev–Trinajstić information content (AvgIpc) is 2.45. The Morgan fingerprint density at radius 2 is 2.36 bits per heavy atom. The molecule has 1 aliphatic rings. The number of ether oxygens (including phenoxy) is 1. The zero-order valence-electron chi connectivity index (χ0n) is 8.95. The largest absolute Gasteiger partial charge is 0.466 e. The van der Waals surface area contributed by atoms with Crippen LogP contribution in [0, 0.1) is 0 Å². The van der Waals surface area contributed by atoms with Crippen LogP contribution in [0.4, 0.5) is 0 Å². The number of rotatable bonds is 4. The number of aliphatic hydroxyl groups is 1. The summed E-state index contributed by atoms with van der Waals surface area (Å²) >= 11 is 0. The first kappa shape index (κ1) is 11.5. The van der Waals surface area contributed by atoms with E-state index < -0.39 is 5.60 Å². The predicted molar refractivity (Wildman–Crippen MR) is 52.9 cm³/mol. The second kappa shape index (κ2) is 4.75. The van der Waals surface area contributed by atoms with E-state index in [1.807, 2.05) is 7.05 Å². The molecular formula is C10H19NO3. The van der Waals surface area contributed by atoms with E-state index >= 15 is 0 Å². The minimum Gasteiger partial charge on any atom is -0.466 e. The van der Waals surface area contributed by atoms with Crippen molar-refractivity contribution in [2.75, 3.05) is 26.7 Å². The Balaban J connectivity index is 2.27. The molecule has 1 aliphatic heterocycles. The number of esters is 1. The molecule has 1 unspecified atom stereocenters. The molecule has 0 bridgehead atoms. The molecular weight excluding hydrogens is 182 g/mol. The Morgan fingerprint density at radius 1 is 1.64 bits per heavy atom. The van der Waals surface area contributed by atoms with Crippen LogP contribution in [0.15, 0.2) is 0 Å². The van der Waals surface area contributed by atoms with Crippen LogP contribution in [-0.4, -0.2) is 48.3 Å². The summed E-state index contributed by atoms with van der Waals surface area (Å²) in [6.45, 7) is 3.76. The molecule has 0 aliphatic carbocycles. The summed E-state index contributed by atoms with van der Waals surface area (Å²) in [6, 6.07) is 0. The van der Waals surface area contributed by atoms with Crippen molar-refractivity contribution in [3.05, 3.63) is 0 Å². The predicted octanol–water partition coefficient (Wildman–Crippen LogP) is 0.396. The molecule has 0 aromatic heterocycles. The van der Waals surface area contributed by atoms with Crippen LogP contribution in [0.3, 0.4) is 0 Å². The van der Waals surface area contributed by atoms with Crippen molar-refractivity contribution in [1.29, 1.82) is 0 Å². The third-order valence-corrected chi connectivity index (χ3v) is 2.62. The molecule has 1 rings (SSSR count). The molecule has 0 radical (unpaired) electrons. The number of nitrogens with zero attached hydrogens (tertiary/aromatic N) is 1. The molecule has 0 aromatic carbocycles. The van der Waals surface area contributed by atoms with Gasteiger partial charge in [0.25, 0.3) is 0 Å². The number of likely N-dealkylation sites (tertiary alicyclic amines) is 1. The van der Waals surface area contributed by atoms with E-state index in [-0.39, 0.29) is 5.97 Å². The van der Waals surface area contributed by atoms with Crippen LogP contribution in [-0.2, 0) is 9.53 Å². The van der Waals surface area contributed by atoms with Crippen molar-refractivity contribution >= 4 is 5.97 Å². The molecule has 4 nitrogen and oxygen atoms in total. The first-order chi connectivity index (χ1) is 6.56. The molecule has 1 atom stereocenters. The zero-order chi connectivity index (χ0) is 10.6. The molecule has 4 heteroatoms. The van der Waals surface area contributed by atoms with Gasteiger partial charge in [-0.1, -0.05) is 0 Å². The highest BCUT2D eigenvalue weighted by atomic mass is 16.5. The summed E-state index contributed by atoms with van der Waals surface area (Å²) in [4.78, 5) is 13.2. The smallest absolute Gasteiger partial charge is 0.305 e. The maximum atomic E-state index is 11.1. The molecule has 1 saturated heterocycles. The number of hydrogen-bond donors (Lipinski definition) is 1. The number of hydrogen-bond acceptors (Lipinski definition) is 4. The van der Waals surface area contributed by atoms with E-state index in [9.17, 15) is 9.90 Å². The Morgan fingerprint density at radius 3 is 2.86 bits per heavy atom. The molecule has 1 heterocycles. The fraction of sp³-hybridized carbons (Fsp3) is 0.900. The normalized spacial score (nSPS) is 27.9. The summed E-state index contributed by atoms with van der Waals surface area (Å²) in [7, 11) is 1.97. The van der Waals surface area contributed by atoms with E-state index in [4.69, 9.17) is 4.74 Å². The van der Waals surface area contributed by atoms with Crippen LogP contribution in [0.2, 0.25) is 0 Å². The third kappa shape index (κ3) is 3.27. The lowest BCUT2D eigenvalue weighted by Gasteiger charge is -2.21. The van der Waals surface area contributed by atoms with Gasteiger partial charge in [0.05, 0.1) is 12.2 Å². The van der Waals surface area contributed by atoms with Crippen LogP contribution >= 0.6 is 0 Å². The summed E-state index contributed by atoms with van der Waals surface area (Å²) < 4.78 is 4.81. The van der Waals surface area contributed by atoms with E-state index in [0.29, 0.717) is 26.0 Å². The SMILES string of the molecule is CCOC(=O)CCC1(O)CCN(C)C1. The Hall–Kier alpha value is -0.610.